The van der Waals surface area contributed by atoms with Crippen molar-refractivity contribution < 1.29 is 52.7 Å². The van der Waals surface area contributed by atoms with Crippen molar-refractivity contribution >= 4 is 66.4 Å². The number of benzene rings is 12. The Morgan fingerprint density at radius 3 is 0.795 bits per heavy atom. The summed E-state index contributed by atoms with van der Waals surface area (Å²) in [5.41, 5.74) is 0.318. The van der Waals surface area contributed by atoms with Gasteiger partial charge in [0.05, 0.1) is 22.7 Å². The quantitative estimate of drug-likeness (QED) is 0.0995. The summed E-state index contributed by atoms with van der Waals surface area (Å²) in [6, 6.07) is 40.3. The van der Waals surface area contributed by atoms with Crippen LogP contribution < -0.4 is 9.80 Å². The van der Waals surface area contributed by atoms with Crippen LogP contribution in [0.2, 0.25) is 0 Å². The average Bonchev–Trinajstić information content (AvgIpc) is 3.61. The Morgan fingerprint density at radius 1 is 0.231 bits per heavy atom. The monoisotopic (exact) mass is 1060 g/mol. The fourth-order valence-corrected chi connectivity index (χ4v) is 10.3. The molecule has 0 radical (unpaired) electrons. The third kappa shape index (κ3) is 8.94. The van der Waals surface area contributed by atoms with Gasteiger partial charge >= 0.3 is 0 Å². The Morgan fingerprint density at radius 2 is 0.500 bits per heavy atom. The van der Waals surface area contributed by atoms with Gasteiger partial charge in [-0.3, -0.25) is 0 Å². The number of hydrogen-bond acceptors (Lipinski definition) is 2. The lowest BCUT2D eigenvalue weighted by Gasteiger charge is -2.30. The number of hydrogen-bond donors (Lipinski definition) is 0. The largest absolute Gasteiger partial charge is 0.307 e. The van der Waals surface area contributed by atoms with Gasteiger partial charge in [-0.05, 0) is 187 Å². The Bertz CT molecular complexity index is 3910. The summed E-state index contributed by atoms with van der Waals surface area (Å²) in [6.45, 7) is 0. The molecule has 12 aromatic carbocycles. The molecular formula is C64H32F12N2. The molecule has 382 valence electrons. The van der Waals surface area contributed by atoms with Crippen molar-refractivity contribution in [2.24, 2.45) is 0 Å². The molecule has 12 aromatic rings. The molecule has 0 heterocycles. The summed E-state index contributed by atoms with van der Waals surface area (Å²) >= 11 is 0. The van der Waals surface area contributed by atoms with Gasteiger partial charge in [0.1, 0.15) is 46.5 Å². The standard InChI is InChI=1S/C64H32F12N2/c65-43-17-39(18-44(66)29-43)35-15-36(40-19-45(67)30-46(68)20-40)26-51(25-35)77(59-5-1-3-55(73)63(59)75)57-13-9-33-8-12-54-58(14-10-34-7-11-53(57)61(33)62(34)54)78(60-6-2-4-56(74)64(60)76)52-27-37(41-21-47(69)31-48(70)22-41)16-38(28-52)42-23-49(71)32-50(72)24-42/h1-32H. The predicted octanol–water partition coefficient (Wildman–Crippen LogP) is 19.9. The van der Waals surface area contributed by atoms with Crippen molar-refractivity contribution in [2.45, 2.75) is 0 Å². The Labute approximate surface area is 435 Å². The summed E-state index contributed by atoms with van der Waals surface area (Å²) in [7, 11) is 0. The Hall–Kier alpha value is -9.56. The maximum atomic E-state index is 16.6. The molecule has 0 saturated carbocycles. The fourth-order valence-electron chi connectivity index (χ4n) is 10.3. The van der Waals surface area contributed by atoms with Gasteiger partial charge in [-0.15, -0.1) is 0 Å². The second-order valence-corrected chi connectivity index (χ2v) is 18.6. The molecule has 0 atom stereocenters. The molecular weight excluding hydrogens is 1020 g/mol. The lowest BCUT2D eigenvalue weighted by atomic mass is 9.91. The van der Waals surface area contributed by atoms with E-state index < -0.39 is 69.8 Å². The molecule has 0 aliphatic heterocycles. The zero-order valence-corrected chi connectivity index (χ0v) is 39.9. The Kier molecular flexibility index (Phi) is 12.2. The van der Waals surface area contributed by atoms with Crippen molar-refractivity contribution in [3.63, 3.8) is 0 Å². The van der Waals surface area contributed by atoms with Crippen LogP contribution in [0.5, 0.6) is 0 Å². The number of halogens is 12. The highest BCUT2D eigenvalue weighted by Gasteiger charge is 2.27. The summed E-state index contributed by atoms with van der Waals surface area (Å²) in [5, 5.41) is 3.06. The summed E-state index contributed by atoms with van der Waals surface area (Å²) < 4.78 is 184. The molecule has 0 fully saturated rings. The van der Waals surface area contributed by atoms with Crippen molar-refractivity contribution in [2.75, 3.05) is 9.80 Å². The highest BCUT2D eigenvalue weighted by atomic mass is 19.2. The van der Waals surface area contributed by atoms with Gasteiger partial charge in [0.2, 0.25) is 0 Å². The zero-order valence-electron chi connectivity index (χ0n) is 39.9. The van der Waals surface area contributed by atoms with Gasteiger partial charge < -0.3 is 9.80 Å². The van der Waals surface area contributed by atoms with Crippen molar-refractivity contribution in [3.8, 4) is 44.5 Å². The van der Waals surface area contributed by atoms with Crippen LogP contribution in [0, 0.1) is 69.8 Å². The first kappa shape index (κ1) is 49.3. The average molecular weight is 1060 g/mol. The maximum Gasteiger partial charge on any atom is 0.182 e. The number of nitrogens with zero attached hydrogens (tertiary/aromatic N) is 2. The van der Waals surface area contributed by atoms with E-state index in [1.54, 1.807) is 48.5 Å². The van der Waals surface area contributed by atoms with E-state index in [0.717, 1.165) is 60.7 Å². The van der Waals surface area contributed by atoms with Crippen LogP contribution in [0.15, 0.2) is 194 Å². The normalized spacial score (nSPS) is 11.6. The van der Waals surface area contributed by atoms with Crippen LogP contribution in [0.25, 0.3) is 76.8 Å². The minimum Gasteiger partial charge on any atom is -0.307 e. The SMILES string of the molecule is Fc1cc(F)cc(-c2cc(-c3cc(F)cc(F)c3)cc(N(c3cccc(F)c3F)c3ccc4ccc5c(N(c6cc(-c7cc(F)cc(F)c7)cc(-c7cc(F)cc(F)c7)c6)c6cccc(F)c6F)ccc6ccc3c4c65)c2)c1. The van der Waals surface area contributed by atoms with E-state index in [4.69, 9.17) is 0 Å². The highest BCUT2D eigenvalue weighted by Crippen LogP contribution is 2.50. The summed E-state index contributed by atoms with van der Waals surface area (Å²) in [5.74, 6) is -12.6. The molecule has 14 heteroatoms. The molecule has 0 aromatic heterocycles. The van der Waals surface area contributed by atoms with E-state index in [2.05, 4.69) is 0 Å². The second-order valence-electron chi connectivity index (χ2n) is 18.6. The van der Waals surface area contributed by atoms with E-state index in [1.807, 2.05) is 0 Å². The molecule has 12 rings (SSSR count). The minimum absolute atomic E-state index is 0.00168. The molecule has 0 aliphatic rings. The van der Waals surface area contributed by atoms with Crippen molar-refractivity contribution in [1.29, 1.82) is 0 Å². The zero-order chi connectivity index (χ0) is 54.3. The van der Waals surface area contributed by atoms with E-state index >= 15 is 17.6 Å². The van der Waals surface area contributed by atoms with Crippen LogP contribution in [0.1, 0.15) is 0 Å². The van der Waals surface area contributed by atoms with E-state index in [0.29, 0.717) is 56.6 Å². The molecule has 0 amide bonds. The van der Waals surface area contributed by atoms with Gasteiger partial charge in [-0.25, -0.2) is 52.7 Å². The molecule has 0 spiro atoms. The van der Waals surface area contributed by atoms with Gasteiger partial charge in [0.25, 0.3) is 0 Å². The molecule has 0 unspecified atom stereocenters. The van der Waals surface area contributed by atoms with Crippen LogP contribution in [0.4, 0.5) is 86.8 Å². The Balaban J connectivity index is 1.13. The third-order valence-corrected chi connectivity index (χ3v) is 13.6. The van der Waals surface area contributed by atoms with E-state index in [9.17, 15) is 35.1 Å². The number of anilines is 6. The molecule has 2 nitrogen and oxygen atoms in total. The number of rotatable bonds is 10. The molecule has 0 bridgehead atoms. The van der Waals surface area contributed by atoms with Crippen LogP contribution in [-0.4, -0.2) is 0 Å². The van der Waals surface area contributed by atoms with Crippen LogP contribution in [-0.2, 0) is 0 Å². The highest BCUT2D eigenvalue weighted by molar-refractivity contribution is 6.28. The van der Waals surface area contributed by atoms with Gasteiger partial charge in [-0.2, -0.15) is 0 Å². The van der Waals surface area contributed by atoms with Gasteiger partial charge in [0.15, 0.2) is 23.3 Å². The lowest BCUT2D eigenvalue weighted by molar-refractivity contribution is 0.510. The molecule has 0 N–H and O–H groups in total. The van der Waals surface area contributed by atoms with E-state index in [-0.39, 0.29) is 78.6 Å². The lowest BCUT2D eigenvalue weighted by Crippen LogP contribution is -2.14. The minimum atomic E-state index is -1.30. The van der Waals surface area contributed by atoms with Crippen molar-refractivity contribution in [1.82, 2.24) is 0 Å². The van der Waals surface area contributed by atoms with E-state index in [1.165, 1.54) is 70.5 Å². The molecule has 0 saturated heterocycles. The third-order valence-electron chi connectivity index (χ3n) is 13.6. The van der Waals surface area contributed by atoms with Gasteiger partial charge in [0, 0.05) is 46.4 Å². The second kappa shape index (κ2) is 19.2. The fraction of sp³-hybridized carbons (Fsp3) is 0. The van der Waals surface area contributed by atoms with Gasteiger partial charge in [-0.1, -0.05) is 48.5 Å². The summed E-state index contributed by atoms with van der Waals surface area (Å²) in [4.78, 5) is 2.71. The van der Waals surface area contributed by atoms with Crippen LogP contribution >= 0.6 is 0 Å². The maximum absolute atomic E-state index is 16.6. The first-order chi connectivity index (χ1) is 37.5. The van der Waals surface area contributed by atoms with Crippen LogP contribution in [0.3, 0.4) is 0 Å². The predicted molar refractivity (Wildman–Crippen MR) is 281 cm³/mol. The topological polar surface area (TPSA) is 6.48 Å². The summed E-state index contributed by atoms with van der Waals surface area (Å²) in [6.07, 6.45) is 0. The first-order valence-electron chi connectivity index (χ1n) is 23.9. The van der Waals surface area contributed by atoms with Crippen molar-refractivity contribution in [3.05, 3.63) is 264 Å². The molecule has 78 heavy (non-hydrogen) atoms. The first-order valence-corrected chi connectivity index (χ1v) is 23.9. The smallest absolute Gasteiger partial charge is 0.182 e. The molecule has 0 aliphatic carbocycles.